The third kappa shape index (κ3) is 2.25. The van der Waals surface area contributed by atoms with Crippen molar-refractivity contribution in [3.05, 3.63) is 28.0 Å². The van der Waals surface area contributed by atoms with Crippen molar-refractivity contribution >= 4 is 17.6 Å². The molecule has 0 bridgehead atoms. The van der Waals surface area contributed by atoms with Crippen molar-refractivity contribution in [3.63, 3.8) is 0 Å². The number of carbonyl (C=O) groups excluding carboxylic acids is 1. The molecule has 0 aliphatic rings. The zero-order valence-electron chi connectivity index (χ0n) is 8.00. The average Bonchev–Trinajstić information content (AvgIpc) is 2.26. The Hall–Kier alpha value is -1.74. The highest BCUT2D eigenvalue weighted by Gasteiger charge is 2.21. The predicted octanol–water partition coefficient (Wildman–Crippen LogP) is 2.33. The summed E-state index contributed by atoms with van der Waals surface area (Å²) in [5.74, 6) is -0.895. The lowest BCUT2D eigenvalue weighted by molar-refractivity contribution is 0.0592. The molecule has 16 heavy (non-hydrogen) atoms. The Balaban J connectivity index is 3.41. The second kappa shape index (κ2) is 4.86. The van der Waals surface area contributed by atoms with E-state index in [0.717, 1.165) is 13.2 Å². The van der Waals surface area contributed by atoms with E-state index in [9.17, 15) is 13.6 Å². The van der Waals surface area contributed by atoms with Gasteiger partial charge in [0.1, 0.15) is 17.5 Å². The molecule has 0 spiro atoms. The molecule has 0 radical (unpaired) electrons. The minimum atomic E-state index is -2.99. The van der Waals surface area contributed by atoms with E-state index in [4.69, 9.17) is 16.9 Å². The zero-order chi connectivity index (χ0) is 12.3. The molecule has 84 valence electrons. The van der Waals surface area contributed by atoms with Gasteiger partial charge in [0, 0.05) is 0 Å². The molecule has 0 unspecified atom stereocenters. The monoisotopic (exact) mass is 246 g/mol. The van der Waals surface area contributed by atoms with Crippen molar-refractivity contribution in [3.8, 4) is 6.07 Å². The Labute approximate surface area is 94.4 Å². The van der Waals surface area contributed by atoms with Crippen molar-refractivity contribution in [1.82, 2.24) is 4.98 Å². The number of hydrogen-bond donors (Lipinski definition) is 0. The number of alkyl halides is 2. The fraction of sp³-hybridized carbons (Fsp3) is 0.222. The Bertz CT molecular complexity index is 471. The second-order valence-corrected chi connectivity index (χ2v) is 3.06. The fourth-order valence-electron chi connectivity index (χ4n) is 1.01. The van der Waals surface area contributed by atoms with E-state index in [0.29, 0.717) is 0 Å². The quantitative estimate of drug-likeness (QED) is 0.752. The Morgan fingerprint density at radius 2 is 2.31 bits per heavy atom. The third-order valence-electron chi connectivity index (χ3n) is 1.71. The van der Waals surface area contributed by atoms with E-state index in [1.54, 1.807) is 0 Å². The van der Waals surface area contributed by atoms with Crippen LogP contribution in [0.25, 0.3) is 0 Å². The number of rotatable bonds is 2. The summed E-state index contributed by atoms with van der Waals surface area (Å²) in [6, 6.07) is 2.51. The van der Waals surface area contributed by atoms with Gasteiger partial charge in [-0.3, -0.25) is 0 Å². The van der Waals surface area contributed by atoms with Crippen LogP contribution in [0, 0.1) is 11.3 Å². The molecule has 0 fully saturated rings. The van der Waals surface area contributed by atoms with E-state index < -0.39 is 23.7 Å². The summed E-state index contributed by atoms with van der Waals surface area (Å²) in [5, 5.41) is 8.35. The topological polar surface area (TPSA) is 63.0 Å². The van der Waals surface area contributed by atoms with Gasteiger partial charge >= 0.3 is 5.97 Å². The van der Waals surface area contributed by atoms with Crippen molar-refractivity contribution < 1.29 is 18.3 Å². The summed E-state index contributed by atoms with van der Waals surface area (Å²) in [4.78, 5) is 14.4. The number of halogens is 3. The first-order chi connectivity index (χ1) is 7.51. The number of nitrogens with zero attached hydrogens (tertiary/aromatic N) is 2. The van der Waals surface area contributed by atoms with Crippen LogP contribution >= 0.6 is 11.6 Å². The van der Waals surface area contributed by atoms with Gasteiger partial charge in [-0.05, 0) is 6.07 Å². The van der Waals surface area contributed by atoms with E-state index in [1.807, 2.05) is 0 Å². The maximum absolute atomic E-state index is 12.5. The summed E-state index contributed by atoms with van der Waals surface area (Å²) in [6.07, 6.45) is -2.99. The van der Waals surface area contributed by atoms with Crippen molar-refractivity contribution in [1.29, 1.82) is 5.26 Å². The van der Waals surface area contributed by atoms with Gasteiger partial charge in [-0.15, -0.1) is 0 Å². The van der Waals surface area contributed by atoms with Crippen LogP contribution in [0.5, 0.6) is 0 Å². The normalized spacial score (nSPS) is 10.0. The molecule has 0 atom stereocenters. The van der Waals surface area contributed by atoms with E-state index in [1.165, 1.54) is 6.07 Å². The largest absolute Gasteiger partial charge is 0.464 e. The lowest BCUT2D eigenvalue weighted by Crippen LogP contribution is -2.08. The summed E-state index contributed by atoms with van der Waals surface area (Å²) in [5.41, 5.74) is -1.62. The second-order valence-electron chi connectivity index (χ2n) is 2.65. The highest BCUT2D eigenvalue weighted by atomic mass is 35.5. The van der Waals surface area contributed by atoms with Crippen LogP contribution in [-0.4, -0.2) is 18.1 Å². The highest BCUT2D eigenvalue weighted by Crippen LogP contribution is 2.27. The molecule has 0 N–H and O–H groups in total. The SMILES string of the molecule is COC(=O)c1cc(Cl)c(C#N)c(C(F)F)n1. The Morgan fingerprint density at radius 1 is 1.69 bits per heavy atom. The number of hydrogen-bond acceptors (Lipinski definition) is 4. The average molecular weight is 247 g/mol. The van der Waals surface area contributed by atoms with Crippen LogP contribution in [0.2, 0.25) is 5.02 Å². The highest BCUT2D eigenvalue weighted by molar-refractivity contribution is 6.32. The predicted molar refractivity (Wildman–Crippen MR) is 50.3 cm³/mol. The van der Waals surface area contributed by atoms with E-state index in [2.05, 4.69) is 9.72 Å². The first-order valence-corrected chi connectivity index (χ1v) is 4.36. The molecule has 1 heterocycles. The van der Waals surface area contributed by atoms with E-state index >= 15 is 0 Å². The fourth-order valence-corrected chi connectivity index (χ4v) is 1.25. The van der Waals surface area contributed by atoms with Gasteiger partial charge < -0.3 is 4.74 Å². The molecule has 0 aliphatic heterocycles. The molecule has 4 nitrogen and oxygen atoms in total. The summed E-state index contributed by atoms with van der Waals surface area (Å²) in [6.45, 7) is 0. The lowest BCUT2D eigenvalue weighted by atomic mass is 10.2. The van der Waals surface area contributed by atoms with Crippen LogP contribution in [-0.2, 0) is 4.74 Å². The van der Waals surface area contributed by atoms with Gasteiger partial charge in [-0.1, -0.05) is 11.6 Å². The molecule has 0 aromatic carbocycles. The van der Waals surface area contributed by atoms with Crippen LogP contribution in [0.15, 0.2) is 6.07 Å². The molecule has 1 aromatic rings. The summed E-state index contributed by atoms with van der Waals surface area (Å²) < 4.78 is 29.3. The van der Waals surface area contributed by atoms with Crippen molar-refractivity contribution in [2.24, 2.45) is 0 Å². The number of nitriles is 1. The number of carbonyl (C=O) groups is 1. The van der Waals surface area contributed by atoms with Gasteiger partial charge in [0.05, 0.1) is 17.7 Å². The molecule has 0 aliphatic carbocycles. The minimum Gasteiger partial charge on any atom is -0.464 e. The molecule has 7 heteroatoms. The standard InChI is InChI=1S/C9H5ClF2N2O2/c1-16-9(15)6-2-5(10)4(3-13)7(14-6)8(11)12/h2,8H,1H3. The zero-order valence-corrected chi connectivity index (χ0v) is 8.76. The maximum atomic E-state index is 12.5. The number of aromatic nitrogens is 1. The van der Waals surface area contributed by atoms with Gasteiger partial charge in [0.25, 0.3) is 6.43 Å². The maximum Gasteiger partial charge on any atom is 0.356 e. The van der Waals surface area contributed by atoms with Crippen molar-refractivity contribution in [2.45, 2.75) is 6.43 Å². The van der Waals surface area contributed by atoms with Crippen molar-refractivity contribution in [2.75, 3.05) is 7.11 Å². The van der Waals surface area contributed by atoms with Gasteiger partial charge in [0.15, 0.2) is 0 Å². The molecule has 0 amide bonds. The Kier molecular flexibility index (Phi) is 3.74. The molecule has 1 aromatic heterocycles. The minimum absolute atomic E-state index is 0.256. The number of pyridine rings is 1. The van der Waals surface area contributed by atoms with Crippen LogP contribution in [0.4, 0.5) is 8.78 Å². The number of methoxy groups -OCH3 is 1. The number of esters is 1. The van der Waals surface area contributed by atoms with Gasteiger partial charge in [-0.2, -0.15) is 5.26 Å². The lowest BCUT2D eigenvalue weighted by Gasteiger charge is -2.06. The number of ether oxygens (including phenoxy) is 1. The molecule has 0 saturated carbocycles. The van der Waals surface area contributed by atoms with E-state index in [-0.39, 0.29) is 10.7 Å². The van der Waals surface area contributed by atoms with Gasteiger partial charge in [-0.25, -0.2) is 18.6 Å². The van der Waals surface area contributed by atoms with Gasteiger partial charge in [0.2, 0.25) is 0 Å². The summed E-state index contributed by atoms with van der Waals surface area (Å²) >= 11 is 5.58. The Morgan fingerprint density at radius 3 is 2.75 bits per heavy atom. The molecular formula is C9H5ClF2N2O2. The smallest absolute Gasteiger partial charge is 0.356 e. The van der Waals surface area contributed by atoms with Crippen LogP contribution < -0.4 is 0 Å². The first kappa shape index (κ1) is 12.3. The first-order valence-electron chi connectivity index (χ1n) is 3.98. The molecule has 0 saturated heterocycles. The van der Waals surface area contributed by atoms with Crippen LogP contribution in [0.3, 0.4) is 0 Å². The summed E-state index contributed by atoms with van der Waals surface area (Å²) in [7, 11) is 1.08. The molecule has 1 rings (SSSR count). The molecular weight excluding hydrogens is 242 g/mol. The third-order valence-corrected chi connectivity index (χ3v) is 2.01. The van der Waals surface area contributed by atoms with Crippen LogP contribution in [0.1, 0.15) is 28.2 Å².